The summed E-state index contributed by atoms with van der Waals surface area (Å²) in [4.78, 5) is 0. The molecule has 0 heterocycles. The lowest BCUT2D eigenvalue weighted by Gasteiger charge is -2.50. The SMILES string of the molecule is C=COC1CCC(C(O)(C(F)F)C(F)(F)F)C2CCCCC12. The second-order valence-corrected chi connectivity index (χ2v) is 6.26. The first-order chi connectivity index (χ1) is 10.2. The quantitative estimate of drug-likeness (QED) is 0.616. The minimum absolute atomic E-state index is 0.125. The normalized spacial score (nSPS) is 35.6. The molecule has 0 aromatic heterocycles. The minimum atomic E-state index is -5.35. The van der Waals surface area contributed by atoms with E-state index in [0.717, 1.165) is 6.42 Å². The summed E-state index contributed by atoms with van der Waals surface area (Å²) in [7, 11) is 0. The van der Waals surface area contributed by atoms with Gasteiger partial charge in [-0.1, -0.05) is 19.4 Å². The smallest absolute Gasteiger partial charge is 0.423 e. The third kappa shape index (κ3) is 2.84. The van der Waals surface area contributed by atoms with Gasteiger partial charge in [0.15, 0.2) is 0 Å². The van der Waals surface area contributed by atoms with E-state index in [4.69, 9.17) is 4.74 Å². The first-order valence-corrected chi connectivity index (χ1v) is 7.57. The average Bonchev–Trinajstić information content (AvgIpc) is 2.45. The molecule has 7 heteroatoms. The maximum Gasteiger partial charge on any atom is 0.423 e. The predicted octanol–water partition coefficient (Wildman–Crippen LogP) is 4.29. The van der Waals surface area contributed by atoms with E-state index < -0.39 is 30.0 Å². The standard InChI is InChI=1S/C15H21F5O2/c1-2-22-12-8-7-11(9-5-3-4-6-10(9)12)14(21,13(16)17)15(18,19)20/h2,9-13,21H,1,3-8H2. The highest BCUT2D eigenvalue weighted by Crippen LogP contribution is 2.54. The Labute approximate surface area is 126 Å². The fraction of sp³-hybridized carbons (Fsp3) is 0.867. The molecule has 0 aliphatic heterocycles. The van der Waals surface area contributed by atoms with Crippen LogP contribution in [-0.2, 0) is 4.74 Å². The molecule has 0 radical (unpaired) electrons. The molecule has 0 bridgehead atoms. The van der Waals surface area contributed by atoms with Gasteiger partial charge in [-0.25, -0.2) is 8.78 Å². The van der Waals surface area contributed by atoms with Gasteiger partial charge in [0.1, 0.15) is 6.10 Å². The van der Waals surface area contributed by atoms with Gasteiger partial charge in [0.05, 0.1) is 6.26 Å². The van der Waals surface area contributed by atoms with Crippen molar-refractivity contribution in [2.24, 2.45) is 17.8 Å². The van der Waals surface area contributed by atoms with Gasteiger partial charge < -0.3 is 9.84 Å². The number of hydrogen-bond acceptors (Lipinski definition) is 2. The van der Waals surface area contributed by atoms with Crippen molar-refractivity contribution in [2.75, 3.05) is 0 Å². The van der Waals surface area contributed by atoms with Crippen LogP contribution >= 0.6 is 0 Å². The van der Waals surface area contributed by atoms with Crippen LogP contribution in [0.15, 0.2) is 12.8 Å². The molecular formula is C15H21F5O2. The van der Waals surface area contributed by atoms with E-state index in [9.17, 15) is 27.1 Å². The molecule has 0 aromatic carbocycles. The Morgan fingerprint density at radius 3 is 2.14 bits per heavy atom. The summed E-state index contributed by atoms with van der Waals surface area (Å²) in [6, 6.07) is 0. The molecule has 5 unspecified atom stereocenters. The summed E-state index contributed by atoms with van der Waals surface area (Å²) >= 11 is 0. The number of ether oxygens (including phenoxy) is 1. The van der Waals surface area contributed by atoms with Gasteiger partial charge in [0.2, 0.25) is 5.60 Å². The van der Waals surface area contributed by atoms with Crippen molar-refractivity contribution >= 4 is 0 Å². The van der Waals surface area contributed by atoms with Gasteiger partial charge in [-0.05, 0) is 37.5 Å². The molecule has 0 amide bonds. The first-order valence-electron chi connectivity index (χ1n) is 7.57. The molecule has 0 saturated heterocycles. The lowest BCUT2D eigenvalue weighted by molar-refractivity contribution is -0.330. The van der Waals surface area contributed by atoms with Crippen molar-refractivity contribution in [3.8, 4) is 0 Å². The second kappa shape index (κ2) is 6.34. The van der Waals surface area contributed by atoms with Crippen molar-refractivity contribution in [3.63, 3.8) is 0 Å². The summed E-state index contributed by atoms with van der Waals surface area (Å²) in [6.07, 6.45) is -5.57. The maximum atomic E-state index is 13.2. The lowest BCUT2D eigenvalue weighted by Crippen LogP contribution is -2.61. The summed E-state index contributed by atoms with van der Waals surface area (Å²) in [6.45, 7) is 3.46. The number of hydrogen-bond donors (Lipinski definition) is 1. The molecule has 2 nitrogen and oxygen atoms in total. The largest absolute Gasteiger partial charge is 0.498 e. The Morgan fingerprint density at radius 2 is 1.64 bits per heavy atom. The number of rotatable bonds is 4. The molecule has 2 saturated carbocycles. The lowest BCUT2D eigenvalue weighted by atomic mass is 9.59. The zero-order valence-electron chi connectivity index (χ0n) is 12.2. The van der Waals surface area contributed by atoms with E-state index in [1.54, 1.807) is 0 Å². The maximum absolute atomic E-state index is 13.2. The Kier molecular flexibility index (Phi) is 5.04. The summed E-state index contributed by atoms with van der Waals surface area (Å²) < 4.78 is 71.2. The van der Waals surface area contributed by atoms with E-state index >= 15 is 0 Å². The summed E-state index contributed by atoms with van der Waals surface area (Å²) in [5, 5.41) is 9.87. The monoisotopic (exact) mass is 328 g/mol. The van der Waals surface area contributed by atoms with E-state index in [-0.39, 0.29) is 24.9 Å². The average molecular weight is 328 g/mol. The van der Waals surface area contributed by atoms with Crippen LogP contribution in [0.2, 0.25) is 0 Å². The molecule has 0 spiro atoms. The second-order valence-electron chi connectivity index (χ2n) is 6.26. The Hall–Kier alpha value is -0.850. The Balaban J connectivity index is 2.32. The third-order valence-corrected chi connectivity index (χ3v) is 5.25. The van der Waals surface area contributed by atoms with Gasteiger partial charge in [0.25, 0.3) is 6.43 Å². The van der Waals surface area contributed by atoms with Gasteiger partial charge in [-0.3, -0.25) is 0 Å². The first kappa shape index (κ1) is 17.5. The topological polar surface area (TPSA) is 29.5 Å². The fourth-order valence-corrected chi connectivity index (χ4v) is 4.26. The van der Waals surface area contributed by atoms with Crippen LogP contribution in [0.1, 0.15) is 38.5 Å². The highest BCUT2D eigenvalue weighted by atomic mass is 19.4. The zero-order chi connectivity index (χ0) is 16.5. The van der Waals surface area contributed by atoms with Crippen LogP contribution in [0.5, 0.6) is 0 Å². The number of fused-ring (bicyclic) bond motifs is 1. The van der Waals surface area contributed by atoms with E-state index in [1.165, 1.54) is 6.26 Å². The molecule has 2 aliphatic carbocycles. The van der Waals surface area contributed by atoms with Crippen LogP contribution in [0.25, 0.3) is 0 Å². The molecule has 0 aromatic rings. The van der Waals surface area contributed by atoms with Crippen molar-refractivity contribution in [2.45, 2.75) is 62.8 Å². The van der Waals surface area contributed by atoms with Crippen LogP contribution in [0.4, 0.5) is 22.0 Å². The Bertz CT molecular complexity index is 398. The molecule has 128 valence electrons. The number of halogens is 5. The van der Waals surface area contributed by atoms with Gasteiger partial charge in [0, 0.05) is 5.92 Å². The van der Waals surface area contributed by atoms with Crippen molar-refractivity contribution in [3.05, 3.63) is 12.8 Å². The van der Waals surface area contributed by atoms with Crippen LogP contribution in [-0.4, -0.2) is 29.4 Å². The van der Waals surface area contributed by atoms with Crippen molar-refractivity contribution in [1.82, 2.24) is 0 Å². The van der Waals surface area contributed by atoms with Gasteiger partial charge in [-0.15, -0.1) is 0 Å². The molecule has 2 fully saturated rings. The van der Waals surface area contributed by atoms with Gasteiger partial charge in [-0.2, -0.15) is 13.2 Å². The third-order valence-electron chi connectivity index (χ3n) is 5.25. The summed E-state index contributed by atoms with van der Waals surface area (Å²) in [5.41, 5.74) is -3.94. The van der Waals surface area contributed by atoms with E-state index in [1.807, 2.05) is 0 Å². The highest BCUT2D eigenvalue weighted by molar-refractivity contribution is 5.04. The van der Waals surface area contributed by atoms with Crippen LogP contribution < -0.4 is 0 Å². The number of alkyl halides is 5. The molecule has 1 N–H and O–H groups in total. The molecule has 5 atom stereocenters. The van der Waals surface area contributed by atoms with Crippen LogP contribution in [0, 0.1) is 17.8 Å². The van der Waals surface area contributed by atoms with E-state index in [2.05, 4.69) is 6.58 Å². The molecule has 22 heavy (non-hydrogen) atoms. The Morgan fingerprint density at radius 1 is 1.05 bits per heavy atom. The van der Waals surface area contributed by atoms with Crippen molar-refractivity contribution in [1.29, 1.82) is 0 Å². The highest BCUT2D eigenvalue weighted by Gasteiger charge is 2.67. The summed E-state index contributed by atoms with van der Waals surface area (Å²) in [5.74, 6) is -2.33. The zero-order valence-corrected chi connectivity index (χ0v) is 12.2. The van der Waals surface area contributed by atoms with Crippen molar-refractivity contribution < 1.29 is 31.8 Å². The van der Waals surface area contributed by atoms with Crippen LogP contribution in [0.3, 0.4) is 0 Å². The fourth-order valence-electron chi connectivity index (χ4n) is 4.26. The number of aliphatic hydroxyl groups is 1. The molecule has 2 aliphatic rings. The van der Waals surface area contributed by atoms with Gasteiger partial charge >= 0.3 is 6.18 Å². The molecule has 2 rings (SSSR count). The van der Waals surface area contributed by atoms with E-state index in [0.29, 0.717) is 19.3 Å². The molecular weight excluding hydrogens is 307 g/mol. The minimum Gasteiger partial charge on any atom is -0.498 e. The predicted molar refractivity (Wildman–Crippen MR) is 70.3 cm³/mol.